The van der Waals surface area contributed by atoms with Gasteiger partial charge in [-0.2, -0.15) is 9.29 Å². The van der Waals surface area contributed by atoms with Gasteiger partial charge >= 0.3 is 0 Å². The molecule has 4 rings (SSSR count). The predicted octanol–water partition coefficient (Wildman–Crippen LogP) is 4.33. The lowest BCUT2D eigenvalue weighted by Crippen LogP contribution is -2.39. The molecule has 0 spiro atoms. The zero-order valence-corrected chi connectivity index (χ0v) is 17.0. The topological polar surface area (TPSA) is 76.3 Å². The van der Waals surface area contributed by atoms with Crippen LogP contribution < -0.4 is 0 Å². The van der Waals surface area contributed by atoms with Crippen molar-refractivity contribution in [1.29, 1.82) is 0 Å². The predicted molar refractivity (Wildman–Crippen MR) is 105 cm³/mol. The molecule has 142 valence electrons. The molecule has 3 aromatic rings. The number of hydrogen-bond donors (Lipinski definition) is 0. The molecule has 0 bridgehead atoms. The number of aryl methyl sites for hydroxylation is 1. The Bertz CT molecular complexity index is 1050. The number of hydrogen-bond acceptors (Lipinski definition) is 6. The lowest BCUT2D eigenvalue weighted by Gasteiger charge is -2.30. The summed E-state index contributed by atoms with van der Waals surface area (Å²) in [6.07, 6.45) is 1.55. The van der Waals surface area contributed by atoms with Crippen molar-refractivity contribution >= 4 is 33.0 Å². The van der Waals surface area contributed by atoms with Gasteiger partial charge in [0.25, 0.3) is 0 Å². The first-order valence-corrected chi connectivity index (χ1v) is 11.3. The van der Waals surface area contributed by atoms with Crippen LogP contribution in [0.15, 0.2) is 45.1 Å². The lowest BCUT2D eigenvalue weighted by atomic mass is 10.00. The van der Waals surface area contributed by atoms with Gasteiger partial charge in [0.1, 0.15) is 0 Å². The van der Waals surface area contributed by atoms with E-state index in [-0.39, 0.29) is 10.8 Å². The van der Waals surface area contributed by atoms with E-state index in [1.807, 2.05) is 24.4 Å². The molecule has 2 aromatic heterocycles. The maximum atomic E-state index is 13.0. The maximum absolute atomic E-state index is 13.0. The Kier molecular flexibility index (Phi) is 5.07. The van der Waals surface area contributed by atoms with E-state index in [0.717, 1.165) is 23.3 Å². The fraction of sp³-hybridized carbons (Fsp3) is 0.333. The number of rotatable bonds is 4. The van der Waals surface area contributed by atoms with Crippen molar-refractivity contribution in [3.63, 3.8) is 0 Å². The molecule has 27 heavy (non-hydrogen) atoms. The van der Waals surface area contributed by atoms with Crippen molar-refractivity contribution in [1.82, 2.24) is 14.4 Å². The Morgan fingerprint density at radius 3 is 2.93 bits per heavy atom. The van der Waals surface area contributed by atoms with Crippen LogP contribution in [0.4, 0.5) is 0 Å². The molecule has 0 amide bonds. The minimum absolute atomic E-state index is 0.115. The van der Waals surface area contributed by atoms with E-state index in [2.05, 4.69) is 10.1 Å². The molecule has 3 heterocycles. The highest BCUT2D eigenvalue weighted by atomic mass is 35.5. The number of nitrogens with zero attached hydrogens (tertiary/aromatic N) is 3. The Balaban J connectivity index is 1.56. The minimum Gasteiger partial charge on any atom is -0.339 e. The van der Waals surface area contributed by atoms with E-state index >= 15 is 0 Å². The highest BCUT2D eigenvalue weighted by Crippen LogP contribution is 2.32. The van der Waals surface area contributed by atoms with Gasteiger partial charge < -0.3 is 4.52 Å². The third-order valence-electron chi connectivity index (χ3n) is 4.70. The van der Waals surface area contributed by atoms with E-state index in [4.69, 9.17) is 16.1 Å². The van der Waals surface area contributed by atoms with E-state index in [1.165, 1.54) is 21.7 Å². The fourth-order valence-electron chi connectivity index (χ4n) is 3.15. The second kappa shape index (κ2) is 7.35. The highest BCUT2D eigenvalue weighted by molar-refractivity contribution is 7.89. The largest absolute Gasteiger partial charge is 0.339 e. The van der Waals surface area contributed by atoms with Gasteiger partial charge in [-0.15, -0.1) is 11.3 Å². The van der Waals surface area contributed by atoms with Crippen molar-refractivity contribution in [3.8, 4) is 10.7 Å². The molecule has 1 unspecified atom stereocenters. The normalized spacial score (nSPS) is 18.7. The molecule has 1 aliphatic heterocycles. The molecule has 0 radical (unpaired) electrons. The first kappa shape index (κ1) is 18.6. The number of benzene rings is 1. The molecule has 1 saturated heterocycles. The SMILES string of the molecule is Cc1ccc(S(=O)(=O)N2CCCC(c3nc(-c4cccs4)no3)C2)cc1Cl. The van der Waals surface area contributed by atoms with Crippen LogP contribution in [0.25, 0.3) is 10.7 Å². The molecule has 0 N–H and O–H groups in total. The smallest absolute Gasteiger partial charge is 0.243 e. The van der Waals surface area contributed by atoms with Gasteiger partial charge in [0, 0.05) is 18.1 Å². The first-order chi connectivity index (χ1) is 12.9. The van der Waals surface area contributed by atoms with Gasteiger partial charge in [0.05, 0.1) is 15.7 Å². The summed E-state index contributed by atoms with van der Waals surface area (Å²) in [6.45, 7) is 2.63. The Morgan fingerprint density at radius 1 is 1.33 bits per heavy atom. The van der Waals surface area contributed by atoms with E-state index in [9.17, 15) is 8.42 Å². The Morgan fingerprint density at radius 2 is 2.19 bits per heavy atom. The average Bonchev–Trinajstić information content (AvgIpc) is 3.35. The third kappa shape index (κ3) is 3.67. The van der Waals surface area contributed by atoms with Crippen LogP contribution >= 0.6 is 22.9 Å². The Labute approximate surface area is 166 Å². The van der Waals surface area contributed by atoms with Crippen LogP contribution in [0.1, 0.15) is 30.2 Å². The number of thiophene rings is 1. The van der Waals surface area contributed by atoms with Crippen LogP contribution in [-0.4, -0.2) is 36.0 Å². The van der Waals surface area contributed by atoms with E-state index in [0.29, 0.717) is 29.8 Å². The number of sulfonamides is 1. The number of halogens is 1. The van der Waals surface area contributed by atoms with Crippen molar-refractivity contribution in [3.05, 3.63) is 52.2 Å². The molecule has 1 atom stereocenters. The summed E-state index contributed by atoms with van der Waals surface area (Å²) in [5.74, 6) is 0.918. The monoisotopic (exact) mass is 423 g/mol. The van der Waals surface area contributed by atoms with Crippen molar-refractivity contribution in [2.75, 3.05) is 13.1 Å². The second-order valence-corrected chi connectivity index (χ2v) is 9.84. The first-order valence-electron chi connectivity index (χ1n) is 8.59. The second-order valence-electron chi connectivity index (χ2n) is 6.55. The maximum Gasteiger partial charge on any atom is 0.243 e. The van der Waals surface area contributed by atoms with Crippen molar-refractivity contribution in [2.45, 2.75) is 30.6 Å². The van der Waals surface area contributed by atoms with Crippen molar-refractivity contribution < 1.29 is 12.9 Å². The molecule has 9 heteroatoms. The quantitative estimate of drug-likeness (QED) is 0.624. The summed E-state index contributed by atoms with van der Waals surface area (Å²) in [5, 5.41) is 6.44. The van der Waals surface area contributed by atoms with Gasteiger partial charge in [-0.1, -0.05) is 28.9 Å². The lowest BCUT2D eigenvalue weighted by molar-refractivity contribution is 0.265. The van der Waals surface area contributed by atoms with Gasteiger partial charge in [-0.05, 0) is 48.9 Å². The molecule has 1 aliphatic rings. The summed E-state index contributed by atoms with van der Waals surface area (Å²) in [7, 11) is -3.62. The summed E-state index contributed by atoms with van der Waals surface area (Å²) in [4.78, 5) is 5.62. The van der Waals surface area contributed by atoms with Crippen LogP contribution in [-0.2, 0) is 10.0 Å². The van der Waals surface area contributed by atoms with Crippen LogP contribution in [0.2, 0.25) is 5.02 Å². The minimum atomic E-state index is -3.62. The molecule has 1 fully saturated rings. The van der Waals surface area contributed by atoms with Crippen LogP contribution in [0.5, 0.6) is 0 Å². The van der Waals surface area contributed by atoms with Gasteiger partial charge in [0.2, 0.25) is 21.7 Å². The molecule has 0 aliphatic carbocycles. The summed E-state index contributed by atoms with van der Waals surface area (Å²) >= 11 is 7.66. The number of piperidine rings is 1. The highest BCUT2D eigenvalue weighted by Gasteiger charge is 2.33. The molecule has 6 nitrogen and oxygen atoms in total. The molecular formula is C18H18ClN3O3S2. The molecule has 1 aromatic carbocycles. The van der Waals surface area contributed by atoms with Crippen LogP contribution in [0, 0.1) is 6.92 Å². The van der Waals surface area contributed by atoms with Crippen LogP contribution in [0.3, 0.4) is 0 Å². The molecule has 0 saturated carbocycles. The number of aromatic nitrogens is 2. The zero-order valence-electron chi connectivity index (χ0n) is 14.6. The van der Waals surface area contributed by atoms with Gasteiger partial charge in [-0.3, -0.25) is 0 Å². The van der Waals surface area contributed by atoms with Crippen molar-refractivity contribution in [2.24, 2.45) is 0 Å². The summed E-state index contributed by atoms with van der Waals surface area (Å²) < 4.78 is 33.0. The Hall–Kier alpha value is -1.74. The zero-order chi connectivity index (χ0) is 19.0. The standard InChI is InChI=1S/C18H18ClN3O3S2/c1-12-6-7-14(10-15(12)19)27(23,24)22-8-2-4-13(11-22)18-20-17(21-25-18)16-5-3-9-26-16/h3,5-7,9-10,13H,2,4,8,11H2,1H3. The summed E-state index contributed by atoms with van der Waals surface area (Å²) in [5.41, 5.74) is 0.846. The third-order valence-corrected chi connectivity index (χ3v) is 7.83. The van der Waals surface area contributed by atoms with Gasteiger partial charge in [0.15, 0.2) is 0 Å². The summed E-state index contributed by atoms with van der Waals surface area (Å²) in [6, 6.07) is 8.69. The van der Waals surface area contributed by atoms with Gasteiger partial charge in [-0.25, -0.2) is 8.42 Å². The average molecular weight is 424 g/mol. The van der Waals surface area contributed by atoms with E-state index < -0.39 is 10.0 Å². The fourth-order valence-corrected chi connectivity index (χ4v) is 5.60. The van der Waals surface area contributed by atoms with E-state index in [1.54, 1.807) is 12.1 Å². The molecular weight excluding hydrogens is 406 g/mol.